The van der Waals surface area contributed by atoms with E-state index in [1.807, 2.05) is 34.6 Å². The summed E-state index contributed by atoms with van der Waals surface area (Å²) in [6, 6.07) is 5.00. The van der Waals surface area contributed by atoms with E-state index in [-0.39, 0.29) is 22.8 Å². The summed E-state index contributed by atoms with van der Waals surface area (Å²) in [7, 11) is 0. The Morgan fingerprint density at radius 2 is 1.96 bits per heavy atom. The van der Waals surface area contributed by atoms with Crippen LogP contribution in [0.2, 0.25) is 5.02 Å². The lowest BCUT2D eigenvalue weighted by Crippen LogP contribution is -2.34. The van der Waals surface area contributed by atoms with Crippen LogP contribution in [0, 0.1) is 5.92 Å². The first-order chi connectivity index (χ1) is 11.7. The van der Waals surface area contributed by atoms with Crippen LogP contribution >= 0.6 is 23.4 Å². The highest BCUT2D eigenvalue weighted by Gasteiger charge is 2.20. The van der Waals surface area contributed by atoms with Gasteiger partial charge in [-0.15, -0.1) is 0 Å². The summed E-state index contributed by atoms with van der Waals surface area (Å²) in [5.41, 5.74) is 0.431. The minimum absolute atomic E-state index is 0.0607. The Morgan fingerprint density at radius 1 is 1.28 bits per heavy atom. The minimum Gasteiger partial charge on any atom is -0.355 e. The number of carbonyl (C=O) groups is 1. The molecule has 0 saturated carbocycles. The fourth-order valence-corrected chi connectivity index (χ4v) is 3.58. The normalized spacial score (nSPS) is 12.8. The third-order valence-electron chi connectivity index (χ3n) is 3.68. The van der Waals surface area contributed by atoms with E-state index >= 15 is 0 Å². The first-order valence-electron chi connectivity index (χ1n) is 8.36. The molecular formula is C18H24ClN3O2S. The number of nitrogens with zero attached hydrogens (tertiary/aromatic N) is 2. The van der Waals surface area contributed by atoms with Gasteiger partial charge in [-0.05, 0) is 44.9 Å². The smallest absolute Gasteiger partial charge is 0.262 e. The van der Waals surface area contributed by atoms with Gasteiger partial charge in [-0.1, -0.05) is 37.2 Å². The second kappa shape index (κ2) is 8.23. The van der Waals surface area contributed by atoms with Crippen molar-refractivity contribution in [2.24, 2.45) is 5.92 Å². The number of amides is 1. The second-order valence-corrected chi connectivity index (χ2v) is 8.47. The van der Waals surface area contributed by atoms with Crippen molar-refractivity contribution in [3.05, 3.63) is 33.6 Å². The summed E-state index contributed by atoms with van der Waals surface area (Å²) in [5, 5.41) is 4.15. The van der Waals surface area contributed by atoms with Crippen molar-refractivity contribution in [3.8, 4) is 0 Å². The zero-order chi connectivity index (χ0) is 18.7. The molecule has 0 saturated heterocycles. The van der Waals surface area contributed by atoms with E-state index in [9.17, 15) is 9.59 Å². The highest BCUT2D eigenvalue weighted by molar-refractivity contribution is 8.00. The Labute approximate surface area is 157 Å². The lowest BCUT2D eigenvalue weighted by Gasteiger charge is -2.19. The number of hydrogen-bond donors (Lipinski definition) is 1. The van der Waals surface area contributed by atoms with Crippen LogP contribution < -0.4 is 10.9 Å². The minimum atomic E-state index is -0.354. The van der Waals surface area contributed by atoms with Crippen molar-refractivity contribution in [2.45, 2.75) is 51.1 Å². The lowest BCUT2D eigenvalue weighted by molar-refractivity contribution is -0.120. The van der Waals surface area contributed by atoms with Crippen molar-refractivity contribution in [1.29, 1.82) is 0 Å². The largest absolute Gasteiger partial charge is 0.355 e. The average Bonchev–Trinajstić information content (AvgIpc) is 2.51. The van der Waals surface area contributed by atoms with Crippen molar-refractivity contribution < 1.29 is 4.79 Å². The number of rotatable bonds is 6. The molecule has 0 aliphatic heterocycles. The second-order valence-electron chi connectivity index (χ2n) is 6.72. The van der Waals surface area contributed by atoms with Gasteiger partial charge in [0.25, 0.3) is 5.56 Å². The van der Waals surface area contributed by atoms with E-state index in [1.54, 1.807) is 22.8 Å². The fourth-order valence-electron chi connectivity index (χ4n) is 2.35. The molecule has 0 aliphatic rings. The van der Waals surface area contributed by atoms with Crippen LogP contribution in [0.1, 0.15) is 40.7 Å². The molecule has 25 heavy (non-hydrogen) atoms. The first-order valence-corrected chi connectivity index (χ1v) is 9.62. The molecule has 2 aromatic rings. The topological polar surface area (TPSA) is 64.0 Å². The van der Waals surface area contributed by atoms with Crippen LogP contribution in [0.15, 0.2) is 28.2 Å². The summed E-state index contributed by atoms with van der Waals surface area (Å²) in [6.45, 7) is 10.4. The van der Waals surface area contributed by atoms with Crippen molar-refractivity contribution in [1.82, 2.24) is 14.9 Å². The number of benzene rings is 1. The third kappa shape index (κ3) is 4.76. The van der Waals surface area contributed by atoms with Crippen LogP contribution in [0.5, 0.6) is 0 Å². The van der Waals surface area contributed by atoms with Gasteiger partial charge in [0.15, 0.2) is 5.16 Å². The van der Waals surface area contributed by atoms with E-state index < -0.39 is 0 Å². The van der Waals surface area contributed by atoms with Crippen LogP contribution in [0.25, 0.3) is 10.9 Å². The Morgan fingerprint density at radius 3 is 2.56 bits per heavy atom. The van der Waals surface area contributed by atoms with Crippen molar-refractivity contribution in [3.63, 3.8) is 0 Å². The Hall–Kier alpha value is -1.53. The number of aromatic nitrogens is 2. The Bertz CT molecular complexity index is 833. The first kappa shape index (κ1) is 19.8. The highest BCUT2D eigenvalue weighted by atomic mass is 35.5. The molecule has 1 aromatic heterocycles. The van der Waals surface area contributed by atoms with Gasteiger partial charge in [-0.3, -0.25) is 14.2 Å². The van der Waals surface area contributed by atoms with Gasteiger partial charge in [0, 0.05) is 17.6 Å². The Kier molecular flexibility index (Phi) is 6.52. The molecule has 1 aromatic carbocycles. The molecule has 1 N–H and O–H groups in total. The van der Waals surface area contributed by atoms with Gasteiger partial charge in [0.05, 0.1) is 16.2 Å². The van der Waals surface area contributed by atoms with Gasteiger partial charge in [-0.2, -0.15) is 0 Å². The van der Waals surface area contributed by atoms with Crippen LogP contribution in [0.3, 0.4) is 0 Å². The number of fused-ring (bicyclic) bond motifs is 1. The maximum atomic E-state index is 12.8. The van der Waals surface area contributed by atoms with Gasteiger partial charge >= 0.3 is 0 Å². The highest BCUT2D eigenvalue weighted by Crippen LogP contribution is 2.26. The zero-order valence-corrected chi connectivity index (χ0v) is 16.7. The summed E-state index contributed by atoms with van der Waals surface area (Å²) >= 11 is 7.32. The predicted molar refractivity (Wildman–Crippen MR) is 105 cm³/mol. The number of hydrogen-bond acceptors (Lipinski definition) is 4. The van der Waals surface area contributed by atoms with Gasteiger partial charge in [0.1, 0.15) is 0 Å². The molecule has 5 nitrogen and oxygen atoms in total. The SMILES string of the molecule is CC(C)CNC(=O)[C@@H](C)Sc1nc2cc(Cl)ccc2c(=O)n1C(C)C. The summed E-state index contributed by atoms with van der Waals surface area (Å²) in [6.07, 6.45) is 0. The molecule has 0 fully saturated rings. The molecule has 0 bridgehead atoms. The van der Waals surface area contributed by atoms with Crippen molar-refractivity contribution in [2.75, 3.05) is 6.54 Å². The molecule has 136 valence electrons. The summed E-state index contributed by atoms with van der Waals surface area (Å²) in [4.78, 5) is 29.7. The lowest BCUT2D eigenvalue weighted by atomic mass is 10.2. The van der Waals surface area contributed by atoms with E-state index in [2.05, 4.69) is 10.3 Å². The molecule has 7 heteroatoms. The van der Waals surface area contributed by atoms with Crippen LogP contribution in [-0.2, 0) is 4.79 Å². The van der Waals surface area contributed by atoms with Crippen molar-refractivity contribution >= 4 is 40.2 Å². The molecule has 1 atom stereocenters. The molecule has 0 unspecified atom stereocenters. The number of halogens is 1. The summed E-state index contributed by atoms with van der Waals surface area (Å²) < 4.78 is 1.63. The molecule has 1 heterocycles. The third-order valence-corrected chi connectivity index (χ3v) is 4.99. The van der Waals surface area contributed by atoms with Gasteiger partial charge in [0.2, 0.25) is 5.91 Å². The average molecular weight is 382 g/mol. The van der Waals surface area contributed by atoms with E-state index in [0.717, 1.165) is 0 Å². The number of thioether (sulfide) groups is 1. The zero-order valence-electron chi connectivity index (χ0n) is 15.2. The maximum absolute atomic E-state index is 12.8. The van der Waals surface area contributed by atoms with E-state index in [4.69, 9.17) is 11.6 Å². The quantitative estimate of drug-likeness (QED) is 0.609. The van der Waals surface area contributed by atoms with Gasteiger partial charge in [-0.25, -0.2) is 4.98 Å². The maximum Gasteiger partial charge on any atom is 0.262 e. The standard InChI is InChI=1S/C18H24ClN3O2S/c1-10(2)9-20-16(23)12(5)25-18-21-15-8-13(19)6-7-14(15)17(24)22(18)11(3)4/h6-8,10-12H,9H2,1-5H3,(H,20,23)/t12-/m1/s1. The molecule has 2 rings (SSSR count). The molecular weight excluding hydrogens is 358 g/mol. The van der Waals surface area contributed by atoms with Crippen LogP contribution in [-0.4, -0.2) is 27.3 Å². The number of carbonyl (C=O) groups excluding carboxylic acids is 1. The van der Waals surface area contributed by atoms with Crippen LogP contribution in [0.4, 0.5) is 0 Å². The molecule has 0 aliphatic carbocycles. The monoisotopic (exact) mass is 381 g/mol. The summed E-state index contributed by atoms with van der Waals surface area (Å²) in [5.74, 6) is 0.324. The number of nitrogens with one attached hydrogen (secondary N) is 1. The van der Waals surface area contributed by atoms with Gasteiger partial charge < -0.3 is 5.32 Å². The molecule has 0 radical (unpaired) electrons. The fraction of sp³-hybridized carbons (Fsp3) is 0.500. The van der Waals surface area contributed by atoms with E-state index in [1.165, 1.54) is 11.8 Å². The molecule has 1 amide bonds. The molecule has 0 spiro atoms. The van der Waals surface area contributed by atoms with E-state index in [0.29, 0.717) is 33.5 Å². The Balaban J connectivity index is 2.40. The predicted octanol–water partition coefficient (Wildman–Crippen LogP) is 3.88.